The maximum atomic E-state index is 2.43. The molecule has 138 heavy (non-hydrogen) atoms. The van der Waals surface area contributed by atoms with Crippen LogP contribution in [0.1, 0.15) is 22.3 Å². The maximum absolute atomic E-state index is 2.43. The quantitative estimate of drug-likeness (QED) is 0.157. The summed E-state index contributed by atoms with van der Waals surface area (Å²) >= 11 is 0. The van der Waals surface area contributed by atoms with E-state index < -0.39 is 0 Å². The van der Waals surface area contributed by atoms with Gasteiger partial charge in [0.1, 0.15) is 0 Å². The van der Waals surface area contributed by atoms with Gasteiger partial charge in [-0.3, -0.25) is 0 Å². The first-order chi connectivity index (χ1) is 68.1. The molecule has 0 saturated carbocycles. The number of benzene rings is 25. The predicted molar refractivity (Wildman–Crippen MR) is 595 cm³/mol. The normalized spacial score (nSPS) is 11.8. The average Bonchev–Trinajstić information content (AvgIpc) is 1.53. The third-order valence-corrected chi connectivity index (χ3v) is 29.1. The van der Waals surface area contributed by atoms with E-state index in [0.717, 1.165) is 0 Å². The zero-order valence-corrected chi connectivity index (χ0v) is 77.3. The van der Waals surface area contributed by atoms with Crippen LogP contribution in [0.25, 0.3) is 250 Å². The molecule has 0 aliphatic rings. The van der Waals surface area contributed by atoms with Crippen molar-refractivity contribution in [3.05, 3.63) is 495 Å². The molecule has 25 aromatic carbocycles. The summed E-state index contributed by atoms with van der Waals surface area (Å²) in [5, 5.41) is 41.9. The molecule has 0 atom stereocenters. The molecule has 5 nitrogen and oxygen atoms in total. The predicted octanol–water partition coefficient (Wildman–Crippen LogP) is 36.4. The van der Waals surface area contributed by atoms with Crippen molar-refractivity contribution in [3.63, 3.8) is 0 Å². The van der Waals surface area contributed by atoms with E-state index in [-0.39, 0.29) is 0 Å². The molecular weight excluding hydrogens is 1670 g/mol. The number of para-hydroxylation sites is 5. The van der Waals surface area contributed by atoms with E-state index >= 15 is 0 Å². The molecule has 30 aromatic rings. The zero-order chi connectivity index (χ0) is 91.9. The van der Waals surface area contributed by atoms with Crippen LogP contribution < -0.4 is 0 Å². The van der Waals surface area contributed by atoms with Gasteiger partial charge in [-0.1, -0.05) is 387 Å². The molecule has 0 radical (unpaired) electrons. The first-order valence-corrected chi connectivity index (χ1v) is 47.9. The van der Waals surface area contributed by atoms with Crippen LogP contribution in [-0.4, -0.2) is 22.8 Å². The Balaban J connectivity index is 0.0000000892. The molecule has 0 fully saturated rings. The van der Waals surface area contributed by atoms with Crippen molar-refractivity contribution in [1.29, 1.82) is 0 Å². The fourth-order valence-electron chi connectivity index (χ4n) is 22.7. The summed E-state index contributed by atoms with van der Waals surface area (Å²) in [6.45, 7) is 8.56. The second-order valence-corrected chi connectivity index (χ2v) is 37.2. The molecule has 0 aliphatic carbocycles. The number of fused-ring (bicyclic) bond motifs is 37. The minimum absolute atomic E-state index is 1.21. The highest BCUT2D eigenvalue weighted by molar-refractivity contribution is 6.34. The summed E-state index contributed by atoms with van der Waals surface area (Å²) in [4.78, 5) is 0. The molecule has 0 aliphatic heterocycles. The Kier molecular flexibility index (Phi) is 19.4. The van der Waals surface area contributed by atoms with Gasteiger partial charge in [-0.25, -0.2) is 0 Å². The third kappa shape index (κ3) is 13.2. The fourth-order valence-corrected chi connectivity index (χ4v) is 22.7. The Morgan fingerprint density at radius 1 is 0.130 bits per heavy atom. The van der Waals surface area contributed by atoms with E-state index in [2.05, 4.69) is 531 Å². The molecule has 0 spiro atoms. The van der Waals surface area contributed by atoms with Gasteiger partial charge in [0, 0.05) is 111 Å². The third-order valence-electron chi connectivity index (χ3n) is 29.1. The van der Waals surface area contributed by atoms with Crippen molar-refractivity contribution in [2.45, 2.75) is 27.7 Å². The lowest BCUT2D eigenvalue weighted by Crippen LogP contribution is -1.95. The molecule has 30 rings (SSSR count). The highest BCUT2D eigenvalue weighted by Gasteiger charge is 2.24. The number of aryl methyl sites for hydroxylation is 5. The molecule has 0 amide bonds. The van der Waals surface area contributed by atoms with Gasteiger partial charge in [0.2, 0.25) is 0 Å². The minimum atomic E-state index is 1.21. The van der Waals surface area contributed by atoms with Gasteiger partial charge in [0.15, 0.2) is 0 Å². The second kappa shape index (κ2) is 32.9. The van der Waals surface area contributed by atoms with Gasteiger partial charge < -0.3 is 22.8 Å². The molecule has 0 saturated heterocycles. The molecule has 5 heteroatoms. The molecule has 5 heterocycles. The standard InChI is InChI=1S/4C27H19N.C25H17N/c1-18-14-16-19(17-15-18)28-25-13-7-6-12-24(25)26-22-10-4-2-8-20(22)21-9-3-5-11-23(21)27(26)28;1-18-7-6-9-20(17-18)28-26-12-5-4-11-23(26)25-16-15-22-21-10-3-2-8-19(21)13-14-24(22)27(25)28;1-18-10-14-21(15-11-18)28-26-9-5-4-8-23(26)25-17-24-20(16-27(25)28)13-12-19-6-2-3-7-22(19)24;1-18-10-13-20(14-11-18)28-26-9-5-4-8-23(26)25-17-16-22-21-7-3-2-6-19(21)12-15-24(22)27(25)28;1-26-24-13-7-6-12-20(24)23-14-21-18-10-4-2-8-16(18)17-9-3-5-11-19(17)22(21)15-25(23)26/h4*2-17H,1H3;2-15H,1H3. The smallest absolute Gasteiger partial charge is 0.0625 e. The molecular formula is C133H93N5. The number of rotatable bonds is 4. The van der Waals surface area contributed by atoms with E-state index in [0.29, 0.717) is 0 Å². The van der Waals surface area contributed by atoms with Crippen LogP contribution in [0.5, 0.6) is 0 Å². The summed E-state index contributed by atoms with van der Waals surface area (Å²) in [5.74, 6) is 0. The van der Waals surface area contributed by atoms with Crippen LogP contribution in [0.2, 0.25) is 0 Å². The number of nitrogens with zero attached hydrogens (tertiary/aromatic N) is 5. The van der Waals surface area contributed by atoms with Crippen LogP contribution in [-0.2, 0) is 7.05 Å². The van der Waals surface area contributed by atoms with Crippen LogP contribution >= 0.6 is 0 Å². The Hall–Kier alpha value is -17.6. The van der Waals surface area contributed by atoms with Crippen molar-refractivity contribution < 1.29 is 0 Å². The number of aromatic nitrogens is 5. The average molecular weight is 1760 g/mol. The summed E-state index contributed by atoms with van der Waals surface area (Å²) < 4.78 is 12.0. The highest BCUT2D eigenvalue weighted by Crippen LogP contribution is 2.47. The Bertz CT molecular complexity index is 10200. The topological polar surface area (TPSA) is 24.6 Å². The van der Waals surface area contributed by atoms with Crippen molar-refractivity contribution >= 4 is 228 Å². The minimum Gasteiger partial charge on any atom is -0.344 e. The largest absolute Gasteiger partial charge is 0.344 e. The van der Waals surface area contributed by atoms with Gasteiger partial charge in [-0.2, -0.15) is 0 Å². The summed E-state index contributed by atoms with van der Waals surface area (Å²) in [6.07, 6.45) is 0. The lowest BCUT2D eigenvalue weighted by molar-refractivity contribution is 1.02. The molecule has 0 N–H and O–H groups in total. The van der Waals surface area contributed by atoms with Crippen LogP contribution in [0, 0.1) is 27.7 Å². The molecule has 5 aromatic heterocycles. The summed E-state index contributed by atoms with van der Waals surface area (Å²) in [5.41, 5.74) is 22.6. The van der Waals surface area contributed by atoms with E-state index in [9.17, 15) is 0 Å². The van der Waals surface area contributed by atoms with Gasteiger partial charge >= 0.3 is 0 Å². The van der Waals surface area contributed by atoms with E-state index in [4.69, 9.17) is 0 Å². The van der Waals surface area contributed by atoms with Crippen molar-refractivity contribution in [3.8, 4) is 22.7 Å². The Morgan fingerprint density at radius 3 is 0.913 bits per heavy atom. The molecule has 0 unspecified atom stereocenters. The maximum Gasteiger partial charge on any atom is 0.0625 e. The monoisotopic (exact) mass is 1760 g/mol. The van der Waals surface area contributed by atoms with Gasteiger partial charge in [0.05, 0.1) is 44.1 Å². The highest BCUT2D eigenvalue weighted by atomic mass is 15.0. The Labute approximate surface area is 797 Å². The Morgan fingerprint density at radius 2 is 0.420 bits per heavy atom. The van der Waals surface area contributed by atoms with Crippen molar-refractivity contribution in [1.82, 2.24) is 22.8 Å². The number of hydrogen-bond acceptors (Lipinski definition) is 0. The van der Waals surface area contributed by atoms with Gasteiger partial charge in [-0.15, -0.1) is 0 Å². The van der Waals surface area contributed by atoms with Crippen LogP contribution in [0.15, 0.2) is 473 Å². The van der Waals surface area contributed by atoms with Crippen molar-refractivity contribution in [2.75, 3.05) is 0 Å². The first kappa shape index (κ1) is 81.2. The number of hydrogen-bond donors (Lipinski definition) is 0. The van der Waals surface area contributed by atoms with Gasteiger partial charge in [-0.05, 0) is 239 Å². The van der Waals surface area contributed by atoms with Crippen LogP contribution in [0.3, 0.4) is 0 Å². The van der Waals surface area contributed by atoms with Gasteiger partial charge in [0.25, 0.3) is 0 Å². The summed E-state index contributed by atoms with van der Waals surface area (Å²) in [7, 11) is 2.17. The zero-order valence-electron chi connectivity index (χ0n) is 77.3. The lowest BCUT2D eigenvalue weighted by atomic mass is 9.93. The van der Waals surface area contributed by atoms with E-state index in [1.165, 1.54) is 273 Å². The molecule has 650 valence electrons. The first-order valence-electron chi connectivity index (χ1n) is 47.9. The summed E-state index contributed by atoms with van der Waals surface area (Å²) in [6, 6.07) is 172. The SMILES string of the molecule is Cc1ccc(-n2c3ccccc3c3c4ccccc4c4ccccc4c32)cc1.Cc1ccc(-n2c3ccccc3c3cc4c(ccc5ccccc54)cc32)cc1.Cc1ccc(-n2c3ccccc3c3ccc4c5ccccc5ccc4c32)cc1.Cc1cccc(-n2c3ccccc3c3ccc4c5ccccc5ccc4c32)c1.Cn1c2ccccc2c2cc3c4ccccc4c4ccccc4c3cc21. The molecule has 0 bridgehead atoms. The lowest BCUT2D eigenvalue weighted by Gasteiger charge is -2.12. The van der Waals surface area contributed by atoms with Crippen LogP contribution in [0.4, 0.5) is 0 Å². The van der Waals surface area contributed by atoms with E-state index in [1.54, 1.807) is 0 Å². The van der Waals surface area contributed by atoms with E-state index in [1.807, 2.05) is 0 Å². The second-order valence-electron chi connectivity index (χ2n) is 37.2. The fraction of sp³-hybridized carbons (Fsp3) is 0.0376. The van der Waals surface area contributed by atoms with Crippen molar-refractivity contribution in [2.24, 2.45) is 7.05 Å².